The summed E-state index contributed by atoms with van der Waals surface area (Å²) < 4.78 is 74.1. The van der Waals surface area contributed by atoms with Crippen LogP contribution in [0.3, 0.4) is 0 Å². The molecular formula is C11H13F6N3O. The Hall–Kier alpha value is -1.50. The molecule has 4 nitrogen and oxygen atoms in total. The maximum atomic E-state index is 12.4. The zero-order valence-electron chi connectivity index (χ0n) is 10.8. The molecule has 1 N–H and O–H groups in total. The van der Waals surface area contributed by atoms with Gasteiger partial charge in [-0.05, 0) is 12.8 Å². The van der Waals surface area contributed by atoms with Gasteiger partial charge in [0.25, 0.3) is 0 Å². The van der Waals surface area contributed by atoms with Crippen LogP contribution in [0, 0.1) is 17.2 Å². The molecule has 0 atom stereocenters. The number of nitrogens with one attached hydrogen (secondary N) is 1. The van der Waals surface area contributed by atoms with Crippen LogP contribution in [0.4, 0.5) is 26.3 Å². The number of hydrogen-bond donors (Lipinski definition) is 1. The SMILES string of the molecule is N#CCN1CCC(NC(=O)C(C(F)(F)F)C(F)(F)F)CC1. The van der Waals surface area contributed by atoms with Crippen molar-refractivity contribution in [3.63, 3.8) is 0 Å². The molecule has 10 heteroatoms. The highest BCUT2D eigenvalue weighted by Gasteiger charge is 2.61. The molecule has 1 fully saturated rings. The molecule has 0 saturated carbocycles. The fourth-order valence-corrected chi connectivity index (χ4v) is 2.10. The van der Waals surface area contributed by atoms with E-state index < -0.39 is 30.2 Å². The number of rotatable bonds is 3. The van der Waals surface area contributed by atoms with Crippen LogP contribution >= 0.6 is 0 Å². The Labute approximate surface area is 116 Å². The largest absolute Gasteiger partial charge is 0.409 e. The van der Waals surface area contributed by atoms with Gasteiger partial charge >= 0.3 is 12.4 Å². The lowest BCUT2D eigenvalue weighted by Crippen LogP contribution is -2.52. The topological polar surface area (TPSA) is 56.1 Å². The smallest absolute Gasteiger partial charge is 0.352 e. The lowest BCUT2D eigenvalue weighted by molar-refractivity contribution is -0.274. The first-order valence-corrected chi connectivity index (χ1v) is 6.09. The van der Waals surface area contributed by atoms with Crippen LogP contribution in [-0.2, 0) is 4.79 Å². The van der Waals surface area contributed by atoms with Crippen molar-refractivity contribution >= 4 is 5.91 Å². The van der Waals surface area contributed by atoms with Gasteiger partial charge in [0.15, 0.2) is 0 Å². The second kappa shape index (κ2) is 6.51. The Morgan fingerprint density at radius 2 is 1.67 bits per heavy atom. The number of carbonyl (C=O) groups excluding carboxylic acids is 1. The second-order valence-corrected chi connectivity index (χ2v) is 4.73. The van der Waals surface area contributed by atoms with E-state index in [0.717, 1.165) is 0 Å². The van der Waals surface area contributed by atoms with Gasteiger partial charge in [0.2, 0.25) is 11.8 Å². The van der Waals surface area contributed by atoms with Crippen LogP contribution in [-0.4, -0.2) is 48.8 Å². The van der Waals surface area contributed by atoms with E-state index >= 15 is 0 Å². The molecule has 0 aliphatic carbocycles. The van der Waals surface area contributed by atoms with Crippen molar-refractivity contribution < 1.29 is 31.1 Å². The third-order valence-electron chi connectivity index (χ3n) is 3.15. The van der Waals surface area contributed by atoms with Crippen molar-refractivity contribution in [2.75, 3.05) is 19.6 Å². The molecule has 1 aliphatic heterocycles. The van der Waals surface area contributed by atoms with Crippen LogP contribution in [0.1, 0.15) is 12.8 Å². The van der Waals surface area contributed by atoms with Gasteiger partial charge in [-0.3, -0.25) is 9.69 Å². The minimum Gasteiger partial charge on any atom is -0.352 e. The number of nitrogens with zero attached hydrogens (tertiary/aromatic N) is 2. The highest BCUT2D eigenvalue weighted by Crippen LogP contribution is 2.39. The van der Waals surface area contributed by atoms with Gasteiger partial charge in [0, 0.05) is 19.1 Å². The summed E-state index contributed by atoms with van der Waals surface area (Å²) in [4.78, 5) is 13.0. The first-order valence-electron chi connectivity index (χ1n) is 6.09. The monoisotopic (exact) mass is 317 g/mol. The standard InChI is InChI=1S/C11H13F6N3O/c12-10(13,14)8(11(15,16)17)9(21)19-7-1-4-20(5-2-7)6-3-18/h7-8H,1-2,4-6H2,(H,19,21). The van der Waals surface area contributed by atoms with E-state index in [0.29, 0.717) is 13.1 Å². The Morgan fingerprint density at radius 3 is 2.05 bits per heavy atom. The highest BCUT2D eigenvalue weighted by atomic mass is 19.4. The highest BCUT2D eigenvalue weighted by molar-refractivity contribution is 5.80. The van der Waals surface area contributed by atoms with Gasteiger partial charge in [-0.2, -0.15) is 31.6 Å². The Bertz CT molecular complexity index is 392. The Kier molecular flexibility index (Phi) is 5.44. The first-order chi connectivity index (χ1) is 9.55. The molecule has 0 unspecified atom stereocenters. The van der Waals surface area contributed by atoms with Crippen molar-refractivity contribution in [3.8, 4) is 6.07 Å². The van der Waals surface area contributed by atoms with Crippen LogP contribution in [0.5, 0.6) is 0 Å². The number of carbonyl (C=O) groups is 1. The summed E-state index contributed by atoms with van der Waals surface area (Å²) in [5.41, 5.74) is 0. The quantitative estimate of drug-likeness (QED) is 0.638. The molecular weight excluding hydrogens is 304 g/mol. The minimum absolute atomic E-state index is 0.133. The molecule has 1 heterocycles. The Morgan fingerprint density at radius 1 is 1.19 bits per heavy atom. The third kappa shape index (κ3) is 5.08. The fraction of sp³-hybridized carbons (Fsp3) is 0.818. The lowest BCUT2D eigenvalue weighted by atomic mass is 10.0. The van der Waals surface area contributed by atoms with Crippen LogP contribution < -0.4 is 5.32 Å². The number of likely N-dealkylation sites (tertiary alicyclic amines) is 1. The average Bonchev–Trinajstić information content (AvgIpc) is 2.28. The number of hydrogen-bond acceptors (Lipinski definition) is 3. The number of alkyl halides is 6. The minimum atomic E-state index is -5.68. The second-order valence-electron chi connectivity index (χ2n) is 4.73. The number of piperidine rings is 1. The van der Waals surface area contributed by atoms with Gasteiger partial charge in [-0.25, -0.2) is 0 Å². The van der Waals surface area contributed by atoms with Crippen molar-refractivity contribution in [2.24, 2.45) is 5.92 Å². The van der Waals surface area contributed by atoms with E-state index in [1.807, 2.05) is 6.07 Å². The van der Waals surface area contributed by atoms with E-state index in [1.165, 1.54) is 0 Å². The van der Waals surface area contributed by atoms with Gasteiger partial charge < -0.3 is 5.32 Å². The Balaban J connectivity index is 2.62. The van der Waals surface area contributed by atoms with Gasteiger partial charge in [0.05, 0.1) is 12.6 Å². The molecule has 0 radical (unpaired) electrons. The summed E-state index contributed by atoms with van der Waals surface area (Å²) >= 11 is 0. The third-order valence-corrected chi connectivity index (χ3v) is 3.15. The molecule has 0 aromatic rings. The van der Waals surface area contributed by atoms with Crippen LogP contribution in [0.15, 0.2) is 0 Å². The number of nitriles is 1. The van der Waals surface area contributed by atoms with Crippen molar-refractivity contribution in [1.29, 1.82) is 5.26 Å². The zero-order valence-corrected chi connectivity index (χ0v) is 10.8. The molecule has 1 aliphatic rings. The van der Waals surface area contributed by atoms with Crippen molar-refractivity contribution in [3.05, 3.63) is 0 Å². The van der Waals surface area contributed by atoms with E-state index in [4.69, 9.17) is 5.26 Å². The number of amides is 1. The van der Waals surface area contributed by atoms with E-state index in [9.17, 15) is 31.1 Å². The van der Waals surface area contributed by atoms with E-state index in [2.05, 4.69) is 0 Å². The fourth-order valence-electron chi connectivity index (χ4n) is 2.10. The van der Waals surface area contributed by atoms with E-state index in [-0.39, 0.29) is 19.4 Å². The van der Waals surface area contributed by atoms with Gasteiger partial charge in [0.1, 0.15) is 0 Å². The maximum Gasteiger partial charge on any atom is 0.409 e. The summed E-state index contributed by atoms with van der Waals surface area (Å²) in [5, 5.41) is 10.3. The van der Waals surface area contributed by atoms with Crippen LogP contribution in [0.25, 0.3) is 0 Å². The predicted molar refractivity (Wildman–Crippen MR) is 58.8 cm³/mol. The number of halogens is 6. The molecule has 1 amide bonds. The van der Waals surface area contributed by atoms with Gasteiger partial charge in [-0.15, -0.1) is 0 Å². The summed E-state index contributed by atoms with van der Waals surface area (Å²) in [5.74, 6) is -6.09. The first kappa shape index (κ1) is 17.6. The lowest BCUT2D eigenvalue weighted by Gasteiger charge is -2.32. The summed E-state index contributed by atoms with van der Waals surface area (Å²) in [6.45, 7) is 0.802. The maximum absolute atomic E-state index is 12.4. The van der Waals surface area contributed by atoms with Crippen molar-refractivity contribution in [1.82, 2.24) is 10.2 Å². The molecule has 0 bridgehead atoms. The summed E-state index contributed by atoms with van der Waals surface area (Å²) in [6.07, 6.45) is -10.9. The molecule has 1 rings (SSSR count). The molecule has 120 valence electrons. The summed E-state index contributed by atoms with van der Waals surface area (Å²) in [7, 11) is 0. The molecule has 0 aromatic heterocycles. The van der Waals surface area contributed by atoms with Gasteiger partial charge in [-0.1, -0.05) is 0 Å². The normalized spacial score (nSPS) is 18.6. The zero-order chi connectivity index (χ0) is 16.3. The predicted octanol–water partition coefficient (Wildman–Crippen LogP) is 1.83. The van der Waals surface area contributed by atoms with Crippen molar-refractivity contribution in [2.45, 2.75) is 31.2 Å². The summed E-state index contributed by atoms with van der Waals surface area (Å²) in [6, 6.07) is 1.14. The van der Waals surface area contributed by atoms with E-state index in [1.54, 1.807) is 10.2 Å². The molecule has 0 spiro atoms. The van der Waals surface area contributed by atoms with Crippen LogP contribution in [0.2, 0.25) is 0 Å². The molecule has 21 heavy (non-hydrogen) atoms. The average molecular weight is 317 g/mol. The molecule has 0 aromatic carbocycles. The molecule has 1 saturated heterocycles.